The van der Waals surface area contributed by atoms with Gasteiger partial charge in [0.05, 0.1) is 10.8 Å². The van der Waals surface area contributed by atoms with Gasteiger partial charge in [0.15, 0.2) is 0 Å². The second-order valence-corrected chi connectivity index (χ2v) is 9.75. The van der Waals surface area contributed by atoms with Crippen LogP contribution in [0.25, 0.3) is 22.1 Å². The summed E-state index contributed by atoms with van der Waals surface area (Å²) in [6, 6.07) is 5.21. The number of nitrogens with two attached hydrogens (primary N) is 2. The average molecular weight is 449 g/mol. The second kappa shape index (κ2) is 7.65. The van der Waals surface area contributed by atoms with E-state index in [0.717, 1.165) is 5.56 Å². The molecule has 10 nitrogen and oxygen atoms in total. The number of fused-ring (bicyclic) bond motifs is 2. The Labute approximate surface area is 190 Å². The molecule has 0 aromatic carbocycles. The van der Waals surface area contributed by atoms with Crippen LogP contribution >= 0.6 is 0 Å². The molecule has 0 atom stereocenters. The van der Waals surface area contributed by atoms with E-state index in [1.807, 2.05) is 40.7 Å². The van der Waals surface area contributed by atoms with E-state index in [9.17, 15) is 9.59 Å². The van der Waals surface area contributed by atoms with Crippen molar-refractivity contribution in [1.82, 2.24) is 29.1 Å². The molecule has 0 fully saturated rings. The van der Waals surface area contributed by atoms with Crippen LogP contribution in [0.5, 0.6) is 0 Å². The topological polar surface area (TPSA) is 148 Å². The average Bonchev–Trinajstić information content (AvgIpc) is 2.71. The zero-order chi connectivity index (χ0) is 24.1. The van der Waals surface area contributed by atoms with Crippen LogP contribution in [-0.4, -0.2) is 29.1 Å². The Bertz CT molecular complexity index is 1500. The molecule has 0 saturated carbocycles. The standard InChI is InChI=1S/C23H28N8O2/c1-22(2,3)30-17-15(19(33)29-20(30)24)13(9-12-27-17)8-10-23(4,5)31-16-14(7-6-11-26-16)18(32)28-21(31)25/h6-7,9,11-12H,8,10H2,1-5H3,(H2,24,29,33)(H2,25,28,32). The number of nitrogen functional groups attached to an aromatic ring is 2. The van der Waals surface area contributed by atoms with Gasteiger partial charge in [-0.15, -0.1) is 0 Å². The van der Waals surface area contributed by atoms with Gasteiger partial charge in [0, 0.05) is 23.5 Å². The van der Waals surface area contributed by atoms with Crippen LogP contribution in [0.15, 0.2) is 40.2 Å². The van der Waals surface area contributed by atoms with Crippen LogP contribution in [-0.2, 0) is 17.5 Å². The number of hydrogen-bond donors (Lipinski definition) is 2. The van der Waals surface area contributed by atoms with Crippen LogP contribution in [0.3, 0.4) is 0 Å². The Kier molecular flexibility index (Phi) is 5.18. The van der Waals surface area contributed by atoms with Gasteiger partial charge in [-0.05, 0) is 71.2 Å². The first-order valence-electron chi connectivity index (χ1n) is 10.7. The van der Waals surface area contributed by atoms with E-state index in [1.54, 1.807) is 33.7 Å². The Hall–Kier alpha value is -3.82. The predicted molar refractivity (Wildman–Crippen MR) is 129 cm³/mol. The highest BCUT2D eigenvalue weighted by molar-refractivity contribution is 5.79. The summed E-state index contributed by atoms with van der Waals surface area (Å²) in [4.78, 5) is 42.0. The number of aromatic nitrogens is 6. The van der Waals surface area contributed by atoms with Crippen molar-refractivity contribution in [1.29, 1.82) is 0 Å². The smallest absolute Gasteiger partial charge is 0.284 e. The highest BCUT2D eigenvalue weighted by Crippen LogP contribution is 2.29. The zero-order valence-corrected chi connectivity index (χ0v) is 19.5. The van der Waals surface area contributed by atoms with Gasteiger partial charge in [0.1, 0.15) is 11.3 Å². The lowest BCUT2D eigenvalue weighted by molar-refractivity contribution is 0.337. The Morgan fingerprint density at radius 2 is 1.48 bits per heavy atom. The van der Waals surface area contributed by atoms with Gasteiger partial charge < -0.3 is 11.5 Å². The van der Waals surface area contributed by atoms with Gasteiger partial charge in [-0.1, -0.05) is 0 Å². The van der Waals surface area contributed by atoms with E-state index in [2.05, 4.69) is 19.9 Å². The molecule has 0 unspecified atom stereocenters. The molecule has 172 valence electrons. The highest BCUT2D eigenvalue weighted by atomic mass is 16.1. The summed E-state index contributed by atoms with van der Waals surface area (Å²) in [6.07, 6.45) is 4.43. The molecule has 4 rings (SSSR count). The molecule has 0 spiro atoms. The number of pyridine rings is 2. The molecule has 0 aliphatic rings. The van der Waals surface area contributed by atoms with E-state index >= 15 is 0 Å². The van der Waals surface area contributed by atoms with Crippen molar-refractivity contribution in [2.24, 2.45) is 0 Å². The van der Waals surface area contributed by atoms with Crippen molar-refractivity contribution in [2.45, 2.75) is 58.5 Å². The van der Waals surface area contributed by atoms with E-state index < -0.39 is 22.2 Å². The SMILES string of the molecule is CC(C)(C)n1c(N)nc(=O)c2c(CCC(C)(C)n3c(N)nc(=O)c4cccnc43)ccnc21. The first-order valence-corrected chi connectivity index (χ1v) is 10.7. The number of aryl methyl sites for hydroxylation is 1. The minimum atomic E-state index is -0.558. The van der Waals surface area contributed by atoms with Crippen LogP contribution in [0.1, 0.15) is 46.6 Å². The zero-order valence-electron chi connectivity index (χ0n) is 19.5. The third-order valence-corrected chi connectivity index (χ3v) is 5.84. The van der Waals surface area contributed by atoms with Crippen LogP contribution in [0.4, 0.5) is 11.9 Å². The maximum atomic E-state index is 12.8. The quantitative estimate of drug-likeness (QED) is 0.483. The van der Waals surface area contributed by atoms with Gasteiger partial charge in [0.2, 0.25) is 11.9 Å². The molecule has 0 aliphatic heterocycles. The van der Waals surface area contributed by atoms with Crippen molar-refractivity contribution in [3.8, 4) is 0 Å². The summed E-state index contributed by atoms with van der Waals surface area (Å²) in [5.41, 5.74) is 12.3. The van der Waals surface area contributed by atoms with Gasteiger partial charge >= 0.3 is 0 Å². The Morgan fingerprint density at radius 3 is 2.18 bits per heavy atom. The molecule has 0 bridgehead atoms. The molecule has 10 heteroatoms. The number of anilines is 2. The normalized spacial score (nSPS) is 12.5. The van der Waals surface area contributed by atoms with E-state index in [-0.39, 0.29) is 11.9 Å². The van der Waals surface area contributed by atoms with E-state index in [4.69, 9.17) is 11.5 Å². The molecule has 0 saturated heterocycles. The van der Waals surface area contributed by atoms with E-state index in [0.29, 0.717) is 34.9 Å². The summed E-state index contributed by atoms with van der Waals surface area (Å²) in [5.74, 6) is 0.231. The van der Waals surface area contributed by atoms with Crippen molar-refractivity contribution in [3.05, 3.63) is 56.9 Å². The van der Waals surface area contributed by atoms with Crippen LogP contribution in [0, 0.1) is 0 Å². The lowest BCUT2D eigenvalue weighted by Gasteiger charge is -2.30. The predicted octanol–water partition coefficient (Wildman–Crippen LogP) is 2.18. The Morgan fingerprint density at radius 1 is 0.848 bits per heavy atom. The van der Waals surface area contributed by atoms with Crippen molar-refractivity contribution >= 4 is 34.0 Å². The first kappa shape index (κ1) is 22.4. The number of rotatable bonds is 4. The van der Waals surface area contributed by atoms with Gasteiger partial charge in [-0.25, -0.2) is 9.97 Å². The Balaban J connectivity index is 1.81. The minimum absolute atomic E-state index is 0.0975. The molecule has 4 aromatic rings. The molecular weight excluding hydrogens is 420 g/mol. The monoisotopic (exact) mass is 448 g/mol. The number of nitrogens with zero attached hydrogens (tertiary/aromatic N) is 6. The summed E-state index contributed by atoms with van der Waals surface area (Å²) in [5, 5.41) is 0.855. The fourth-order valence-electron chi connectivity index (χ4n) is 4.29. The first-order chi connectivity index (χ1) is 15.4. The van der Waals surface area contributed by atoms with Gasteiger partial charge in [0.25, 0.3) is 11.1 Å². The molecule has 0 aliphatic carbocycles. The molecule has 33 heavy (non-hydrogen) atoms. The van der Waals surface area contributed by atoms with Crippen LogP contribution < -0.4 is 22.6 Å². The van der Waals surface area contributed by atoms with E-state index in [1.165, 1.54) is 0 Å². The summed E-state index contributed by atoms with van der Waals surface area (Å²) in [6.45, 7) is 9.94. The second-order valence-electron chi connectivity index (χ2n) is 9.75. The summed E-state index contributed by atoms with van der Waals surface area (Å²) < 4.78 is 3.55. The third kappa shape index (κ3) is 3.81. The number of hydrogen-bond acceptors (Lipinski definition) is 8. The van der Waals surface area contributed by atoms with Gasteiger partial charge in [-0.2, -0.15) is 9.97 Å². The minimum Gasteiger partial charge on any atom is -0.369 e. The van der Waals surface area contributed by atoms with Gasteiger partial charge in [-0.3, -0.25) is 18.7 Å². The molecule has 4 aromatic heterocycles. The lowest BCUT2D eigenvalue weighted by atomic mass is 9.93. The largest absolute Gasteiger partial charge is 0.369 e. The fraction of sp³-hybridized carbons (Fsp3) is 0.391. The molecule has 4 N–H and O–H groups in total. The molecule has 0 amide bonds. The van der Waals surface area contributed by atoms with Crippen molar-refractivity contribution in [2.75, 3.05) is 11.5 Å². The maximum absolute atomic E-state index is 12.8. The van der Waals surface area contributed by atoms with Crippen LogP contribution in [0.2, 0.25) is 0 Å². The molecular formula is C23H28N8O2. The third-order valence-electron chi connectivity index (χ3n) is 5.84. The van der Waals surface area contributed by atoms with Crippen molar-refractivity contribution in [3.63, 3.8) is 0 Å². The molecule has 0 radical (unpaired) electrons. The van der Waals surface area contributed by atoms with Crippen molar-refractivity contribution < 1.29 is 0 Å². The summed E-state index contributed by atoms with van der Waals surface area (Å²) in [7, 11) is 0. The fourth-order valence-corrected chi connectivity index (χ4v) is 4.29. The maximum Gasteiger partial charge on any atom is 0.284 e. The summed E-state index contributed by atoms with van der Waals surface area (Å²) >= 11 is 0. The highest BCUT2D eigenvalue weighted by Gasteiger charge is 2.27. The molecule has 4 heterocycles. The lowest BCUT2D eigenvalue weighted by Crippen LogP contribution is -2.33.